The van der Waals surface area contributed by atoms with E-state index in [2.05, 4.69) is 10.3 Å². The minimum Gasteiger partial charge on any atom is -0.497 e. The van der Waals surface area contributed by atoms with Crippen LogP contribution in [0.5, 0.6) is 5.75 Å². The third-order valence-corrected chi connectivity index (χ3v) is 3.26. The van der Waals surface area contributed by atoms with Crippen LogP contribution in [-0.2, 0) is 6.54 Å². The van der Waals surface area contributed by atoms with Crippen molar-refractivity contribution in [3.8, 4) is 5.75 Å². The predicted octanol–water partition coefficient (Wildman–Crippen LogP) is 2.27. The molecule has 0 saturated carbocycles. The number of carbonyl (C=O) groups is 1. The molecule has 2 heterocycles. The quantitative estimate of drug-likeness (QED) is 0.798. The molecular formula is C16H15N3O2. The Morgan fingerprint density at radius 1 is 1.24 bits per heavy atom. The number of ether oxygens (including phenoxy) is 1. The molecule has 0 aliphatic rings. The van der Waals surface area contributed by atoms with E-state index >= 15 is 0 Å². The van der Waals surface area contributed by atoms with Crippen molar-refractivity contribution < 1.29 is 9.53 Å². The van der Waals surface area contributed by atoms with Gasteiger partial charge in [-0.05, 0) is 29.8 Å². The Morgan fingerprint density at radius 3 is 2.81 bits per heavy atom. The Hall–Kier alpha value is -2.82. The first-order chi connectivity index (χ1) is 10.3. The second-order valence-electron chi connectivity index (χ2n) is 4.60. The maximum atomic E-state index is 12.2. The monoisotopic (exact) mass is 281 g/mol. The zero-order chi connectivity index (χ0) is 14.7. The fourth-order valence-electron chi connectivity index (χ4n) is 2.12. The maximum Gasteiger partial charge on any atom is 0.270 e. The van der Waals surface area contributed by atoms with Crippen LogP contribution in [0.25, 0.3) is 5.65 Å². The lowest BCUT2D eigenvalue weighted by Crippen LogP contribution is -2.24. The topological polar surface area (TPSA) is 55.6 Å². The van der Waals surface area contributed by atoms with Gasteiger partial charge in [0.25, 0.3) is 5.91 Å². The smallest absolute Gasteiger partial charge is 0.270 e. The van der Waals surface area contributed by atoms with E-state index in [1.54, 1.807) is 17.7 Å². The van der Waals surface area contributed by atoms with Crippen LogP contribution in [0.2, 0.25) is 0 Å². The van der Waals surface area contributed by atoms with Crippen LogP contribution < -0.4 is 10.1 Å². The van der Waals surface area contributed by atoms with Gasteiger partial charge in [0.1, 0.15) is 17.1 Å². The molecule has 0 bridgehead atoms. The van der Waals surface area contributed by atoms with Crippen molar-refractivity contribution >= 4 is 11.6 Å². The zero-order valence-electron chi connectivity index (χ0n) is 11.6. The summed E-state index contributed by atoms with van der Waals surface area (Å²) in [6.07, 6.45) is 3.41. The minimum atomic E-state index is -0.149. The van der Waals surface area contributed by atoms with Crippen molar-refractivity contribution in [2.75, 3.05) is 7.11 Å². The largest absolute Gasteiger partial charge is 0.497 e. The predicted molar refractivity (Wildman–Crippen MR) is 79.4 cm³/mol. The van der Waals surface area contributed by atoms with Gasteiger partial charge < -0.3 is 10.1 Å². The van der Waals surface area contributed by atoms with Crippen LogP contribution in [-0.4, -0.2) is 22.4 Å². The highest BCUT2D eigenvalue weighted by Gasteiger charge is 2.11. The lowest BCUT2D eigenvalue weighted by atomic mass is 10.2. The van der Waals surface area contributed by atoms with Gasteiger partial charge in [-0.15, -0.1) is 0 Å². The molecule has 0 spiro atoms. The van der Waals surface area contributed by atoms with Crippen LogP contribution in [0.1, 0.15) is 16.1 Å². The number of imidazole rings is 1. The van der Waals surface area contributed by atoms with Crippen LogP contribution >= 0.6 is 0 Å². The highest BCUT2D eigenvalue weighted by Crippen LogP contribution is 2.11. The molecule has 0 atom stereocenters. The second kappa shape index (κ2) is 5.66. The molecule has 0 radical (unpaired) electrons. The molecule has 106 valence electrons. The number of carbonyl (C=O) groups excluding carboxylic acids is 1. The highest BCUT2D eigenvalue weighted by atomic mass is 16.5. The summed E-state index contributed by atoms with van der Waals surface area (Å²) in [6, 6.07) is 13.2. The van der Waals surface area contributed by atoms with E-state index in [1.165, 1.54) is 0 Å². The molecule has 1 aromatic carbocycles. The molecule has 1 N–H and O–H groups in total. The standard InChI is InChI=1S/C16H15N3O2/c1-21-13-7-5-12(6-8-13)10-18-16(20)14-11-17-15-4-2-3-9-19(14)15/h2-9,11H,10H2,1H3,(H,18,20). The summed E-state index contributed by atoms with van der Waals surface area (Å²) < 4.78 is 6.87. The molecule has 1 amide bonds. The van der Waals surface area contributed by atoms with E-state index in [1.807, 2.05) is 48.7 Å². The van der Waals surface area contributed by atoms with Gasteiger partial charge in [0, 0.05) is 12.7 Å². The number of nitrogens with one attached hydrogen (secondary N) is 1. The third-order valence-electron chi connectivity index (χ3n) is 3.26. The summed E-state index contributed by atoms with van der Waals surface area (Å²) in [5.41, 5.74) is 2.30. The molecule has 5 nitrogen and oxygen atoms in total. The van der Waals surface area contributed by atoms with Gasteiger partial charge in [0.15, 0.2) is 0 Å². The fourth-order valence-corrected chi connectivity index (χ4v) is 2.12. The fraction of sp³-hybridized carbons (Fsp3) is 0.125. The molecule has 0 saturated heterocycles. The van der Waals surface area contributed by atoms with Crippen molar-refractivity contribution in [1.82, 2.24) is 14.7 Å². The van der Waals surface area contributed by atoms with Gasteiger partial charge in [-0.1, -0.05) is 18.2 Å². The third kappa shape index (κ3) is 2.72. The molecule has 0 unspecified atom stereocenters. The van der Waals surface area contributed by atoms with Crippen LogP contribution in [0.15, 0.2) is 54.9 Å². The van der Waals surface area contributed by atoms with Crippen molar-refractivity contribution in [2.45, 2.75) is 6.54 Å². The summed E-state index contributed by atoms with van der Waals surface area (Å²) >= 11 is 0. The normalized spacial score (nSPS) is 10.5. The molecule has 0 aliphatic heterocycles. The number of fused-ring (bicyclic) bond motifs is 1. The number of pyridine rings is 1. The Labute approximate surface area is 122 Å². The summed E-state index contributed by atoms with van der Waals surface area (Å²) in [5.74, 6) is 0.649. The summed E-state index contributed by atoms with van der Waals surface area (Å²) in [6.45, 7) is 0.461. The Bertz CT molecular complexity index is 763. The van der Waals surface area contributed by atoms with Gasteiger partial charge in [-0.3, -0.25) is 9.20 Å². The number of rotatable bonds is 4. The van der Waals surface area contributed by atoms with E-state index < -0.39 is 0 Å². The molecular weight excluding hydrogens is 266 g/mol. The van der Waals surface area contributed by atoms with Gasteiger partial charge in [0.2, 0.25) is 0 Å². The number of hydrogen-bond donors (Lipinski definition) is 1. The molecule has 2 aromatic heterocycles. The van der Waals surface area contributed by atoms with Crippen molar-refractivity contribution in [1.29, 1.82) is 0 Å². The highest BCUT2D eigenvalue weighted by molar-refractivity contribution is 5.93. The first-order valence-corrected chi connectivity index (χ1v) is 6.61. The van der Waals surface area contributed by atoms with Crippen LogP contribution in [0, 0.1) is 0 Å². The average Bonchev–Trinajstić information content (AvgIpc) is 2.97. The maximum absolute atomic E-state index is 12.2. The molecule has 3 rings (SSSR count). The molecule has 5 heteroatoms. The van der Waals surface area contributed by atoms with E-state index in [0.29, 0.717) is 12.2 Å². The number of amides is 1. The first kappa shape index (κ1) is 13.2. The van der Waals surface area contributed by atoms with Crippen molar-refractivity contribution in [3.63, 3.8) is 0 Å². The number of aromatic nitrogens is 2. The average molecular weight is 281 g/mol. The van der Waals surface area contributed by atoms with Gasteiger partial charge in [-0.25, -0.2) is 4.98 Å². The van der Waals surface area contributed by atoms with Crippen molar-refractivity contribution in [3.05, 3.63) is 66.1 Å². The van der Waals surface area contributed by atoms with Gasteiger partial charge >= 0.3 is 0 Å². The van der Waals surface area contributed by atoms with E-state index in [9.17, 15) is 4.79 Å². The summed E-state index contributed by atoms with van der Waals surface area (Å²) in [7, 11) is 1.63. The van der Waals surface area contributed by atoms with Crippen molar-refractivity contribution in [2.24, 2.45) is 0 Å². The molecule has 21 heavy (non-hydrogen) atoms. The minimum absolute atomic E-state index is 0.149. The molecule has 3 aromatic rings. The number of methoxy groups -OCH3 is 1. The van der Waals surface area contributed by atoms with Crippen LogP contribution in [0.3, 0.4) is 0 Å². The lowest BCUT2D eigenvalue weighted by Gasteiger charge is -2.06. The number of benzene rings is 1. The Morgan fingerprint density at radius 2 is 2.05 bits per heavy atom. The first-order valence-electron chi connectivity index (χ1n) is 6.61. The van der Waals surface area contributed by atoms with Gasteiger partial charge in [0.05, 0.1) is 13.3 Å². The van der Waals surface area contributed by atoms with Gasteiger partial charge in [-0.2, -0.15) is 0 Å². The summed E-state index contributed by atoms with van der Waals surface area (Å²) in [5, 5.41) is 2.89. The van der Waals surface area contributed by atoms with E-state index in [4.69, 9.17) is 4.74 Å². The summed E-state index contributed by atoms with van der Waals surface area (Å²) in [4.78, 5) is 16.4. The number of nitrogens with zero attached hydrogens (tertiary/aromatic N) is 2. The lowest BCUT2D eigenvalue weighted by molar-refractivity contribution is 0.0945. The SMILES string of the molecule is COc1ccc(CNC(=O)c2cnc3ccccn23)cc1. The van der Waals surface area contributed by atoms with E-state index in [0.717, 1.165) is 17.0 Å². The molecule has 0 aliphatic carbocycles. The zero-order valence-corrected chi connectivity index (χ0v) is 11.6. The van der Waals surface area contributed by atoms with Crippen LogP contribution in [0.4, 0.5) is 0 Å². The second-order valence-corrected chi connectivity index (χ2v) is 4.60. The molecule has 0 fully saturated rings. The Kier molecular flexibility index (Phi) is 3.55. The van der Waals surface area contributed by atoms with E-state index in [-0.39, 0.29) is 5.91 Å². The number of hydrogen-bond acceptors (Lipinski definition) is 3. The Balaban J connectivity index is 1.71.